The second kappa shape index (κ2) is 7.60. The first-order valence-electron chi connectivity index (χ1n) is 9.23. The molecule has 0 aliphatic carbocycles. The standard InChI is InChI=1S/C20H25N3O3/c1-22(11-16-5-4-10-25-16)13-19-17-12-23(9-7-15(17)14-26-19)20(24)18-6-2-3-8-21-18/h2-6,8,10,15,17,19H,7,9,11-14H2,1H3/t15-,17-,19+/m0/s1. The number of rotatable bonds is 5. The van der Waals surface area contributed by atoms with E-state index < -0.39 is 0 Å². The quantitative estimate of drug-likeness (QED) is 0.824. The van der Waals surface area contributed by atoms with Gasteiger partial charge in [-0.2, -0.15) is 0 Å². The molecule has 3 atom stereocenters. The molecule has 2 aliphatic heterocycles. The molecule has 0 aromatic carbocycles. The maximum absolute atomic E-state index is 12.7. The summed E-state index contributed by atoms with van der Waals surface area (Å²) in [5, 5.41) is 0. The summed E-state index contributed by atoms with van der Waals surface area (Å²) < 4.78 is 11.5. The molecular formula is C20H25N3O3. The lowest BCUT2D eigenvalue weighted by molar-refractivity contribution is 0.0417. The van der Waals surface area contributed by atoms with Crippen molar-refractivity contribution in [2.75, 3.05) is 33.3 Å². The van der Waals surface area contributed by atoms with Gasteiger partial charge in [0.05, 0.1) is 25.5 Å². The van der Waals surface area contributed by atoms with Gasteiger partial charge in [0, 0.05) is 31.7 Å². The number of carbonyl (C=O) groups is 1. The van der Waals surface area contributed by atoms with Gasteiger partial charge in [0.25, 0.3) is 5.91 Å². The van der Waals surface area contributed by atoms with Crippen LogP contribution in [0.4, 0.5) is 0 Å². The zero-order chi connectivity index (χ0) is 17.9. The largest absolute Gasteiger partial charge is 0.468 e. The zero-order valence-corrected chi connectivity index (χ0v) is 15.1. The molecular weight excluding hydrogens is 330 g/mol. The smallest absolute Gasteiger partial charge is 0.272 e. The van der Waals surface area contributed by atoms with Gasteiger partial charge < -0.3 is 14.1 Å². The van der Waals surface area contributed by atoms with Crippen molar-refractivity contribution in [3.63, 3.8) is 0 Å². The van der Waals surface area contributed by atoms with Crippen LogP contribution in [0.5, 0.6) is 0 Å². The summed E-state index contributed by atoms with van der Waals surface area (Å²) in [6.45, 7) is 3.94. The SMILES string of the molecule is CN(Cc1ccco1)C[C@H]1OC[C@@H]2CCN(C(=O)c3ccccn3)C[C@@H]21. The summed E-state index contributed by atoms with van der Waals surface area (Å²) in [6, 6.07) is 9.38. The fourth-order valence-corrected chi connectivity index (χ4v) is 4.09. The molecule has 0 bridgehead atoms. The first kappa shape index (κ1) is 17.2. The molecule has 138 valence electrons. The predicted molar refractivity (Wildman–Crippen MR) is 96.5 cm³/mol. The number of pyridine rings is 1. The lowest BCUT2D eigenvalue weighted by Gasteiger charge is -2.36. The molecule has 0 unspecified atom stereocenters. The predicted octanol–water partition coefficient (Wildman–Crippen LogP) is 2.28. The lowest BCUT2D eigenvalue weighted by Crippen LogP contribution is -2.47. The van der Waals surface area contributed by atoms with Crippen molar-refractivity contribution >= 4 is 5.91 Å². The molecule has 2 aromatic heterocycles. The van der Waals surface area contributed by atoms with Crippen LogP contribution in [0.3, 0.4) is 0 Å². The van der Waals surface area contributed by atoms with E-state index in [0.29, 0.717) is 17.5 Å². The summed E-state index contributed by atoms with van der Waals surface area (Å²) in [5.41, 5.74) is 0.524. The first-order chi connectivity index (χ1) is 12.7. The van der Waals surface area contributed by atoms with Crippen LogP contribution in [0.25, 0.3) is 0 Å². The molecule has 6 heteroatoms. The summed E-state index contributed by atoms with van der Waals surface area (Å²) >= 11 is 0. The van der Waals surface area contributed by atoms with E-state index in [1.807, 2.05) is 29.2 Å². The van der Waals surface area contributed by atoms with E-state index in [1.54, 1.807) is 18.5 Å². The van der Waals surface area contributed by atoms with Crippen molar-refractivity contribution in [1.82, 2.24) is 14.8 Å². The molecule has 4 rings (SSSR count). The molecule has 2 aromatic rings. The highest BCUT2D eigenvalue weighted by molar-refractivity contribution is 5.92. The molecule has 2 fully saturated rings. The van der Waals surface area contributed by atoms with Gasteiger partial charge in [-0.15, -0.1) is 0 Å². The van der Waals surface area contributed by atoms with Gasteiger partial charge >= 0.3 is 0 Å². The number of fused-ring (bicyclic) bond motifs is 1. The van der Waals surface area contributed by atoms with Crippen molar-refractivity contribution in [2.45, 2.75) is 19.1 Å². The van der Waals surface area contributed by atoms with E-state index in [-0.39, 0.29) is 12.0 Å². The van der Waals surface area contributed by atoms with E-state index in [1.165, 1.54) is 0 Å². The second-order valence-corrected chi connectivity index (χ2v) is 7.33. The van der Waals surface area contributed by atoms with Crippen LogP contribution >= 0.6 is 0 Å². The molecule has 2 aliphatic rings. The Morgan fingerprint density at radius 2 is 2.27 bits per heavy atom. The van der Waals surface area contributed by atoms with Crippen LogP contribution in [-0.2, 0) is 11.3 Å². The maximum atomic E-state index is 12.7. The topological polar surface area (TPSA) is 58.8 Å². The molecule has 0 radical (unpaired) electrons. The van der Waals surface area contributed by atoms with Gasteiger partial charge in [0.15, 0.2) is 0 Å². The Morgan fingerprint density at radius 3 is 3.04 bits per heavy atom. The van der Waals surface area contributed by atoms with Crippen LogP contribution in [-0.4, -0.2) is 60.1 Å². The summed E-state index contributed by atoms with van der Waals surface area (Å²) in [6.07, 6.45) is 4.53. The minimum absolute atomic E-state index is 0.0265. The van der Waals surface area contributed by atoms with Crippen molar-refractivity contribution in [2.24, 2.45) is 11.8 Å². The summed E-state index contributed by atoms with van der Waals surface area (Å²) in [4.78, 5) is 21.1. The maximum Gasteiger partial charge on any atom is 0.272 e. The Hall–Kier alpha value is -2.18. The van der Waals surface area contributed by atoms with E-state index in [0.717, 1.165) is 45.0 Å². The number of likely N-dealkylation sites (N-methyl/N-ethyl adjacent to an activating group) is 1. The fourth-order valence-electron chi connectivity index (χ4n) is 4.09. The van der Waals surface area contributed by atoms with E-state index >= 15 is 0 Å². The van der Waals surface area contributed by atoms with Gasteiger partial charge in [0.1, 0.15) is 11.5 Å². The second-order valence-electron chi connectivity index (χ2n) is 7.33. The number of hydrogen-bond donors (Lipinski definition) is 0. The van der Waals surface area contributed by atoms with Crippen LogP contribution in [0.2, 0.25) is 0 Å². The average molecular weight is 355 g/mol. The number of furan rings is 1. The molecule has 1 amide bonds. The van der Waals surface area contributed by atoms with Crippen LogP contribution in [0.15, 0.2) is 47.2 Å². The minimum Gasteiger partial charge on any atom is -0.468 e. The molecule has 0 N–H and O–H groups in total. The summed E-state index contributed by atoms with van der Waals surface area (Å²) in [7, 11) is 2.08. The number of amides is 1. The third-order valence-electron chi connectivity index (χ3n) is 5.48. The number of aromatic nitrogens is 1. The number of nitrogens with zero attached hydrogens (tertiary/aromatic N) is 3. The highest BCUT2D eigenvalue weighted by Crippen LogP contribution is 2.35. The van der Waals surface area contributed by atoms with Crippen LogP contribution < -0.4 is 0 Å². The number of piperidine rings is 1. The Morgan fingerprint density at radius 1 is 1.35 bits per heavy atom. The third kappa shape index (κ3) is 3.66. The van der Waals surface area contributed by atoms with Crippen molar-refractivity contribution < 1.29 is 13.9 Å². The van der Waals surface area contributed by atoms with Gasteiger partial charge in [-0.1, -0.05) is 6.07 Å². The van der Waals surface area contributed by atoms with Gasteiger partial charge in [-0.3, -0.25) is 14.7 Å². The molecule has 26 heavy (non-hydrogen) atoms. The number of ether oxygens (including phenoxy) is 1. The van der Waals surface area contributed by atoms with Gasteiger partial charge in [0.2, 0.25) is 0 Å². The highest BCUT2D eigenvalue weighted by atomic mass is 16.5. The number of carbonyl (C=O) groups excluding carboxylic acids is 1. The Kier molecular flexibility index (Phi) is 5.04. The third-order valence-corrected chi connectivity index (χ3v) is 5.48. The fraction of sp³-hybridized carbons (Fsp3) is 0.500. The molecule has 6 nitrogen and oxygen atoms in total. The highest BCUT2D eigenvalue weighted by Gasteiger charge is 2.42. The molecule has 0 saturated carbocycles. The molecule has 0 spiro atoms. The summed E-state index contributed by atoms with van der Waals surface area (Å²) in [5.74, 6) is 1.91. The Bertz CT molecular complexity index is 719. The van der Waals surface area contributed by atoms with Crippen molar-refractivity contribution in [3.8, 4) is 0 Å². The average Bonchev–Trinajstić information content (AvgIpc) is 3.31. The van der Waals surface area contributed by atoms with Crippen molar-refractivity contribution in [1.29, 1.82) is 0 Å². The van der Waals surface area contributed by atoms with Crippen LogP contribution in [0.1, 0.15) is 22.7 Å². The van der Waals surface area contributed by atoms with E-state index in [2.05, 4.69) is 16.9 Å². The van der Waals surface area contributed by atoms with Crippen LogP contribution in [0, 0.1) is 11.8 Å². The Balaban J connectivity index is 1.38. The van der Waals surface area contributed by atoms with E-state index in [9.17, 15) is 4.79 Å². The molecule has 4 heterocycles. The van der Waals surface area contributed by atoms with E-state index in [4.69, 9.17) is 9.15 Å². The Labute approximate surface area is 153 Å². The lowest BCUT2D eigenvalue weighted by atomic mass is 9.84. The van der Waals surface area contributed by atoms with Crippen molar-refractivity contribution in [3.05, 3.63) is 54.2 Å². The monoisotopic (exact) mass is 355 g/mol. The number of hydrogen-bond acceptors (Lipinski definition) is 5. The first-order valence-corrected chi connectivity index (χ1v) is 9.23. The number of likely N-dealkylation sites (tertiary alicyclic amines) is 1. The van der Waals surface area contributed by atoms with Gasteiger partial charge in [-0.25, -0.2) is 0 Å². The molecule has 2 saturated heterocycles. The zero-order valence-electron chi connectivity index (χ0n) is 15.1. The van der Waals surface area contributed by atoms with Gasteiger partial charge in [-0.05, 0) is 43.7 Å². The normalized spacial score (nSPS) is 25.5. The minimum atomic E-state index is 0.0265.